The number of fused-ring (bicyclic) bond motifs is 4. The van der Waals surface area contributed by atoms with E-state index in [1.807, 2.05) is 24.3 Å². The molecule has 1 aromatic rings. The molecule has 2 amide bonds. The number of likely N-dealkylation sites (tertiary alicyclic amines) is 1. The summed E-state index contributed by atoms with van der Waals surface area (Å²) < 4.78 is 0. The largest absolute Gasteiger partial charge is 0.342 e. The van der Waals surface area contributed by atoms with Crippen LogP contribution in [0.3, 0.4) is 0 Å². The van der Waals surface area contributed by atoms with Gasteiger partial charge in [0.25, 0.3) is 0 Å². The fourth-order valence-electron chi connectivity index (χ4n) is 5.54. The molecular formula is C22H29ClN2O2. The average molecular weight is 389 g/mol. The number of halogens is 1. The molecule has 5 heteroatoms. The van der Waals surface area contributed by atoms with Crippen molar-refractivity contribution < 1.29 is 9.59 Å². The van der Waals surface area contributed by atoms with E-state index in [1.54, 1.807) is 0 Å². The Labute approximate surface area is 166 Å². The van der Waals surface area contributed by atoms with Crippen molar-refractivity contribution in [2.24, 2.45) is 11.8 Å². The number of amides is 2. The summed E-state index contributed by atoms with van der Waals surface area (Å²) >= 11 is 5.96. The Morgan fingerprint density at radius 3 is 2.67 bits per heavy atom. The number of rotatable bonds is 4. The van der Waals surface area contributed by atoms with Gasteiger partial charge in [-0.25, -0.2) is 0 Å². The Morgan fingerprint density at radius 2 is 1.93 bits per heavy atom. The van der Waals surface area contributed by atoms with Crippen molar-refractivity contribution in [2.45, 2.75) is 64.0 Å². The predicted octanol–water partition coefficient (Wildman–Crippen LogP) is 3.91. The van der Waals surface area contributed by atoms with E-state index in [-0.39, 0.29) is 5.91 Å². The third-order valence-electron chi connectivity index (χ3n) is 6.70. The lowest BCUT2D eigenvalue weighted by Gasteiger charge is -2.56. The molecule has 0 saturated carbocycles. The second kappa shape index (κ2) is 7.83. The number of benzene rings is 1. The number of piperidine rings is 3. The Bertz CT molecular complexity index is 705. The van der Waals surface area contributed by atoms with Gasteiger partial charge in [0.2, 0.25) is 11.8 Å². The van der Waals surface area contributed by atoms with E-state index in [4.69, 9.17) is 11.6 Å². The molecule has 3 aliphatic heterocycles. The van der Waals surface area contributed by atoms with Crippen LogP contribution in [0, 0.1) is 11.8 Å². The summed E-state index contributed by atoms with van der Waals surface area (Å²) in [5, 5.41) is 0.697. The molecular weight excluding hydrogens is 360 g/mol. The van der Waals surface area contributed by atoms with Crippen molar-refractivity contribution in [3.8, 4) is 0 Å². The van der Waals surface area contributed by atoms with Gasteiger partial charge in [-0.1, -0.05) is 37.1 Å². The van der Waals surface area contributed by atoms with Crippen LogP contribution < -0.4 is 0 Å². The van der Waals surface area contributed by atoms with E-state index < -0.39 is 0 Å². The van der Waals surface area contributed by atoms with Crippen LogP contribution in [0.5, 0.6) is 0 Å². The quantitative estimate of drug-likeness (QED) is 0.784. The molecule has 4 nitrogen and oxygen atoms in total. The Hall–Kier alpha value is -1.55. The molecule has 4 rings (SSSR count). The van der Waals surface area contributed by atoms with Crippen LogP contribution in [0.2, 0.25) is 5.02 Å². The SMILES string of the molecule is CCC[C@H]1[C@H]2C[C@H](CN(C(=O)Cc3ccc(Cl)cc3)C2)[C@@H]2CCCC(=O)N21. The lowest BCUT2D eigenvalue weighted by atomic mass is 9.71. The summed E-state index contributed by atoms with van der Waals surface area (Å²) in [5.41, 5.74) is 1.01. The summed E-state index contributed by atoms with van der Waals surface area (Å²) in [6.45, 7) is 3.79. The fourth-order valence-corrected chi connectivity index (χ4v) is 5.66. The van der Waals surface area contributed by atoms with Gasteiger partial charge in [-0.05, 0) is 55.2 Å². The zero-order chi connectivity index (χ0) is 19.0. The average Bonchev–Trinajstić information content (AvgIpc) is 2.67. The molecule has 27 heavy (non-hydrogen) atoms. The zero-order valence-corrected chi connectivity index (χ0v) is 16.8. The summed E-state index contributed by atoms with van der Waals surface area (Å²) in [6.07, 6.45) is 6.54. The van der Waals surface area contributed by atoms with Crippen molar-refractivity contribution in [2.75, 3.05) is 13.1 Å². The van der Waals surface area contributed by atoms with E-state index in [2.05, 4.69) is 16.7 Å². The molecule has 146 valence electrons. The number of carbonyl (C=O) groups excluding carboxylic acids is 2. The third-order valence-corrected chi connectivity index (χ3v) is 6.95. The van der Waals surface area contributed by atoms with Gasteiger partial charge in [-0.2, -0.15) is 0 Å². The minimum atomic E-state index is 0.206. The smallest absolute Gasteiger partial charge is 0.227 e. The van der Waals surface area contributed by atoms with Crippen LogP contribution in [0.4, 0.5) is 0 Å². The Balaban J connectivity index is 1.51. The highest BCUT2D eigenvalue weighted by Crippen LogP contribution is 2.43. The van der Waals surface area contributed by atoms with E-state index in [9.17, 15) is 9.59 Å². The van der Waals surface area contributed by atoms with Crippen molar-refractivity contribution in [3.63, 3.8) is 0 Å². The second-order valence-electron chi connectivity index (χ2n) is 8.47. The van der Waals surface area contributed by atoms with Gasteiger partial charge in [-0.15, -0.1) is 0 Å². The highest BCUT2D eigenvalue weighted by Gasteiger charge is 2.49. The number of hydrogen-bond acceptors (Lipinski definition) is 2. The van der Waals surface area contributed by atoms with Crippen molar-refractivity contribution in [1.29, 1.82) is 0 Å². The molecule has 3 saturated heterocycles. The van der Waals surface area contributed by atoms with Crippen molar-refractivity contribution >= 4 is 23.4 Å². The van der Waals surface area contributed by atoms with Gasteiger partial charge in [0.05, 0.1) is 6.42 Å². The van der Waals surface area contributed by atoms with Crippen LogP contribution in [-0.4, -0.2) is 46.8 Å². The third kappa shape index (κ3) is 3.73. The Morgan fingerprint density at radius 1 is 1.19 bits per heavy atom. The molecule has 0 aliphatic carbocycles. The van der Waals surface area contributed by atoms with Crippen LogP contribution in [0.1, 0.15) is 51.0 Å². The minimum absolute atomic E-state index is 0.206. The first-order valence-corrected chi connectivity index (χ1v) is 10.8. The predicted molar refractivity (Wildman–Crippen MR) is 107 cm³/mol. The first-order valence-electron chi connectivity index (χ1n) is 10.4. The molecule has 1 aromatic carbocycles. The summed E-state index contributed by atoms with van der Waals surface area (Å²) in [4.78, 5) is 30.0. The summed E-state index contributed by atoms with van der Waals surface area (Å²) in [5.74, 6) is 1.42. The molecule has 3 aliphatic rings. The van der Waals surface area contributed by atoms with Crippen molar-refractivity contribution in [3.05, 3.63) is 34.9 Å². The first kappa shape index (κ1) is 18.8. The van der Waals surface area contributed by atoms with Crippen LogP contribution in [-0.2, 0) is 16.0 Å². The Kier molecular flexibility index (Phi) is 5.45. The summed E-state index contributed by atoms with van der Waals surface area (Å²) in [7, 11) is 0. The molecule has 2 bridgehead atoms. The lowest BCUT2D eigenvalue weighted by molar-refractivity contribution is -0.156. The van der Waals surface area contributed by atoms with Crippen LogP contribution >= 0.6 is 11.6 Å². The fraction of sp³-hybridized carbons (Fsp3) is 0.636. The molecule has 3 heterocycles. The molecule has 0 N–H and O–H groups in total. The van der Waals surface area contributed by atoms with E-state index in [1.165, 1.54) is 6.42 Å². The van der Waals surface area contributed by atoms with E-state index >= 15 is 0 Å². The van der Waals surface area contributed by atoms with Crippen molar-refractivity contribution in [1.82, 2.24) is 9.80 Å². The van der Waals surface area contributed by atoms with E-state index in [0.29, 0.717) is 47.7 Å². The minimum Gasteiger partial charge on any atom is -0.342 e. The topological polar surface area (TPSA) is 40.6 Å². The maximum atomic E-state index is 13.0. The molecule has 0 radical (unpaired) electrons. The molecule has 4 atom stereocenters. The summed E-state index contributed by atoms with van der Waals surface area (Å²) in [6, 6.07) is 8.22. The van der Waals surface area contributed by atoms with Gasteiger partial charge in [0, 0.05) is 36.6 Å². The number of hydrogen-bond donors (Lipinski definition) is 0. The molecule has 3 fully saturated rings. The maximum absolute atomic E-state index is 13.0. The van der Waals surface area contributed by atoms with Gasteiger partial charge in [0.15, 0.2) is 0 Å². The first-order chi connectivity index (χ1) is 13.1. The lowest BCUT2D eigenvalue weighted by Crippen LogP contribution is -2.65. The second-order valence-corrected chi connectivity index (χ2v) is 8.91. The number of nitrogens with zero attached hydrogens (tertiary/aromatic N) is 2. The molecule has 0 aromatic heterocycles. The molecule has 0 spiro atoms. The molecule has 0 unspecified atom stereocenters. The van der Waals surface area contributed by atoms with Crippen LogP contribution in [0.15, 0.2) is 24.3 Å². The normalized spacial score (nSPS) is 30.2. The standard InChI is InChI=1S/C22H29ClN2O2/c1-2-4-19-16-12-17(20-5-3-6-21(26)25(19)20)14-24(13-16)22(27)11-15-7-9-18(23)10-8-15/h7-10,16-17,19-20H,2-6,11-14H2,1H3/t16-,17+,19-,20-/m0/s1. The number of carbonyl (C=O) groups is 2. The maximum Gasteiger partial charge on any atom is 0.227 e. The highest BCUT2D eigenvalue weighted by molar-refractivity contribution is 6.30. The van der Waals surface area contributed by atoms with E-state index in [0.717, 1.165) is 44.3 Å². The van der Waals surface area contributed by atoms with Gasteiger partial charge < -0.3 is 9.80 Å². The van der Waals surface area contributed by atoms with Crippen LogP contribution in [0.25, 0.3) is 0 Å². The zero-order valence-electron chi connectivity index (χ0n) is 16.1. The van der Waals surface area contributed by atoms with Gasteiger partial charge in [-0.3, -0.25) is 9.59 Å². The monoisotopic (exact) mass is 388 g/mol. The van der Waals surface area contributed by atoms with Gasteiger partial charge >= 0.3 is 0 Å². The van der Waals surface area contributed by atoms with Gasteiger partial charge in [0.1, 0.15) is 0 Å². The highest BCUT2D eigenvalue weighted by atomic mass is 35.5.